The summed E-state index contributed by atoms with van der Waals surface area (Å²) in [7, 11) is 0. The van der Waals surface area contributed by atoms with E-state index in [1.807, 2.05) is 13.8 Å². The van der Waals surface area contributed by atoms with E-state index >= 15 is 0 Å². The summed E-state index contributed by atoms with van der Waals surface area (Å²) in [4.78, 5) is 3.87. The lowest BCUT2D eigenvalue weighted by molar-refractivity contribution is 0.0554. The normalized spacial score (nSPS) is 10.5. The Hall–Kier alpha value is -1.29. The Balaban J connectivity index is 2.28. The smallest absolute Gasteiger partial charge is 0.145 e. The Morgan fingerprint density at radius 3 is 2.86 bits per heavy atom. The molecular weight excluding hydrogens is 180 g/mol. The van der Waals surface area contributed by atoms with Gasteiger partial charge in [-0.05, 0) is 13.8 Å². The molecule has 2 N–H and O–H groups in total. The van der Waals surface area contributed by atoms with Crippen molar-refractivity contribution in [2.45, 2.75) is 20.0 Å². The van der Waals surface area contributed by atoms with E-state index in [-0.39, 0.29) is 6.10 Å². The van der Waals surface area contributed by atoms with Gasteiger partial charge < -0.3 is 15.2 Å². The van der Waals surface area contributed by atoms with E-state index in [0.29, 0.717) is 24.7 Å². The fraction of sp³-hybridized carbons (Fsp3) is 0.500. The average Bonchev–Trinajstić information content (AvgIpc) is 2.15. The zero-order valence-corrected chi connectivity index (χ0v) is 8.56. The van der Waals surface area contributed by atoms with Crippen LogP contribution in [-0.2, 0) is 4.74 Å². The summed E-state index contributed by atoms with van der Waals surface area (Å²) in [5, 5.41) is 0. The van der Waals surface area contributed by atoms with Crippen molar-refractivity contribution >= 4 is 5.69 Å². The summed E-state index contributed by atoms with van der Waals surface area (Å²) in [5.41, 5.74) is 6.19. The van der Waals surface area contributed by atoms with Gasteiger partial charge in [-0.25, -0.2) is 0 Å². The lowest BCUT2D eigenvalue weighted by Crippen LogP contribution is -2.11. The van der Waals surface area contributed by atoms with Crippen molar-refractivity contribution in [2.75, 3.05) is 18.9 Å². The van der Waals surface area contributed by atoms with Crippen molar-refractivity contribution in [3.8, 4) is 5.75 Å². The van der Waals surface area contributed by atoms with Crippen LogP contribution < -0.4 is 10.5 Å². The van der Waals surface area contributed by atoms with Gasteiger partial charge in [0, 0.05) is 12.3 Å². The Morgan fingerprint density at radius 1 is 1.43 bits per heavy atom. The van der Waals surface area contributed by atoms with E-state index < -0.39 is 0 Å². The fourth-order valence-corrected chi connectivity index (χ4v) is 0.961. The first kappa shape index (κ1) is 10.8. The van der Waals surface area contributed by atoms with Gasteiger partial charge in [-0.2, -0.15) is 0 Å². The summed E-state index contributed by atoms with van der Waals surface area (Å²) in [6.45, 7) is 5.05. The molecule has 0 radical (unpaired) electrons. The maximum absolute atomic E-state index is 5.63. The second kappa shape index (κ2) is 5.44. The third-order valence-corrected chi connectivity index (χ3v) is 1.60. The van der Waals surface area contributed by atoms with Gasteiger partial charge in [0.2, 0.25) is 0 Å². The average molecular weight is 196 g/mol. The van der Waals surface area contributed by atoms with Crippen LogP contribution in [0.5, 0.6) is 5.75 Å². The number of rotatable bonds is 5. The zero-order chi connectivity index (χ0) is 10.4. The first-order valence-corrected chi connectivity index (χ1v) is 4.64. The number of anilines is 1. The van der Waals surface area contributed by atoms with Gasteiger partial charge in [0.1, 0.15) is 12.4 Å². The van der Waals surface area contributed by atoms with Crippen molar-refractivity contribution < 1.29 is 9.47 Å². The molecule has 0 aliphatic heterocycles. The molecule has 0 amide bonds. The van der Waals surface area contributed by atoms with E-state index in [1.165, 1.54) is 0 Å². The second-order valence-electron chi connectivity index (χ2n) is 3.18. The van der Waals surface area contributed by atoms with Crippen LogP contribution in [0.3, 0.4) is 0 Å². The number of aromatic nitrogens is 1. The molecule has 0 unspecified atom stereocenters. The van der Waals surface area contributed by atoms with Crippen LogP contribution in [0, 0.1) is 0 Å². The molecule has 1 rings (SSSR count). The Bertz CT molecular complexity index is 277. The Labute approximate surface area is 84.0 Å². The highest BCUT2D eigenvalue weighted by molar-refractivity contribution is 5.49. The number of hydrogen-bond donors (Lipinski definition) is 1. The van der Waals surface area contributed by atoms with Crippen LogP contribution in [0.2, 0.25) is 0 Å². The topological polar surface area (TPSA) is 57.4 Å². The monoisotopic (exact) mass is 196 g/mol. The SMILES string of the molecule is CC(C)OCCOc1ccncc1N. The van der Waals surface area contributed by atoms with Crippen LogP contribution in [0.25, 0.3) is 0 Å². The van der Waals surface area contributed by atoms with Gasteiger partial charge in [0.05, 0.1) is 24.6 Å². The third kappa shape index (κ3) is 3.62. The third-order valence-electron chi connectivity index (χ3n) is 1.60. The molecule has 1 heterocycles. The van der Waals surface area contributed by atoms with Crippen LogP contribution in [0.15, 0.2) is 18.5 Å². The standard InChI is InChI=1S/C10H16N2O2/c1-8(2)13-5-6-14-10-3-4-12-7-9(10)11/h3-4,7-8H,5-6,11H2,1-2H3. The zero-order valence-electron chi connectivity index (χ0n) is 8.56. The van der Waals surface area contributed by atoms with Crippen LogP contribution >= 0.6 is 0 Å². The van der Waals surface area contributed by atoms with Crippen molar-refractivity contribution in [2.24, 2.45) is 0 Å². The molecule has 0 atom stereocenters. The number of hydrogen-bond acceptors (Lipinski definition) is 4. The summed E-state index contributed by atoms with van der Waals surface area (Å²) < 4.78 is 10.7. The van der Waals surface area contributed by atoms with E-state index in [4.69, 9.17) is 15.2 Å². The minimum absolute atomic E-state index is 0.230. The van der Waals surface area contributed by atoms with Crippen molar-refractivity contribution in [3.05, 3.63) is 18.5 Å². The van der Waals surface area contributed by atoms with E-state index in [2.05, 4.69) is 4.98 Å². The molecule has 0 bridgehead atoms. The summed E-state index contributed by atoms with van der Waals surface area (Å²) in [6.07, 6.45) is 3.45. The maximum Gasteiger partial charge on any atom is 0.145 e. The second-order valence-corrected chi connectivity index (χ2v) is 3.18. The van der Waals surface area contributed by atoms with E-state index in [0.717, 1.165) is 0 Å². The lowest BCUT2D eigenvalue weighted by atomic mass is 10.4. The molecular formula is C10H16N2O2. The molecule has 0 aliphatic rings. The summed E-state index contributed by atoms with van der Waals surface area (Å²) in [6, 6.07) is 1.74. The van der Waals surface area contributed by atoms with Gasteiger partial charge in [-0.3, -0.25) is 4.98 Å². The highest BCUT2D eigenvalue weighted by Gasteiger charge is 1.99. The molecule has 4 nitrogen and oxygen atoms in total. The molecule has 78 valence electrons. The molecule has 1 aromatic heterocycles. The fourth-order valence-electron chi connectivity index (χ4n) is 0.961. The summed E-state index contributed by atoms with van der Waals surface area (Å²) >= 11 is 0. The number of pyridine rings is 1. The molecule has 14 heavy (non-hydrogen) atoms. The number of nitrogen functional groups attached to an aromatic ring is 1. The molecule has 0 saturated carbocycles. The van der Waals surface area contributed by atoms with Crippen molar-refractivity contribution in [1.29, 1.82) is 0 Å². The molecule has 0 saturated heterocycles. The lowest BCUT2D eigenvalue weighted by Gasteiger charge is -2.10. The molecule has 0 fully saturated rings. The van der Waals surface area contributed by atoms with Gasteiger partial charge >= 0.3 is 0 Å². The van der Waals surface area contributed by atoms with Crippen LogP contribution in [0.1, 0.15) is 13.8 Å². The molecule has 0 aliphatic carbocycles. The first-order valence-electron chi connectivity index (χ1n) is 4.64. The van der Waals surface area contributed by atoms with Crippen molar-refractivity contribution in [1.82, 2.24) is 4.98 Å². The minimum atomic E-state index is 0.230. The summed E-state index contributed by atoms with van der Waals surface area (Å²) in [5.74, 6) is 0.660. The molecule has 1 aromatic rings. The van der Waals surface area contributed by atoms with E-state index in [1.54, 1.807) is 18.5 Å². The van der Waals surface area contributed by atoms with Gasteiger partial charge in [0.15, 0.2) is 0 Å². The van der Waals surface area contributed by atoms with Gasteiger partial charge in [-0.15, -0.1) is 0 Å². The highest BCUT2D eigenvalue weighted by atomic mass is 16.5. The number of nitrogens with two attached hydrogens (primary N) is 1. The quantitative estimate of drug-likeness (QED) is 0.724. The largest absolute Gasteiger partial charge is 0.489 e. The predicted molar refractivity (Wildman–Crippen MR) is 55.2 cm³/mol. The highest BCUT2D eigenvalue weighted by Crippen LogP contribution is 2.17. The van der Waals surface area contributed by atoms with Gasteiger partial charge in [0.25, 0.3) is 0 Å². The van der Waals surface area contributed by atoms with Crippen molar-refractivity contribution in [3.63, 3.8) is 0 Å². The minimum Gasteiger partial charge on any atom is -0.489 e. The predicted octanol–water partition coefficient (Wildman–Crippen LogP) is 1.47. The number of nitrogens with zero attached hydrogens (tertiary/aromatic N) is 1. The maximum atomic E-state index is 5.63. The molecule has 0 spiro atoms. The van der Waals surface area contributed by atoms with Crippen LogP contribution in [-0.4, -0.2) is 24.3 Å². The van der Waals surface area contributed by atoms with Gasteiger partial charge in [-0.1, -0.05) is 0 Å². The van der Waals surface area contributed by atoms with E-state index in [9.17, 15) is 0 Å². The van der Waals surface area contributed by atoms with Crippen LogP contribution in [0.4, 0.5) is 5.69 Å². The number of ether oxygens (including phenoxy) is 2. The first-order chi connectivity index (χ1) is 6.70. The molecule has 4 heteroatoms. The Kier molecular flexibility index (Phi) is 4.19. The Morgan fingerprint density at radius 2 is 2.21 bits per heavy atom. The molecule has 0 aromatic carbocycles.